The number of carbonyl (C=O) groups excluding carboxylic acids is 1. The summed E-state index contributed by atoms with van der Waals surface area (Å²) in [7, 11) is 2.11. The second kappa shape index (κ2) is 8.75. The molecule has 26 heavy (non-hydrogen) atoms. The molecule has 0 bridgehead atoms. The van der Waals surface area contributed by atoms with Gasteiger partial charge in [0.2, 0.25) is 5.91 Å². The molecular formula is C19H21ClFN3OS. The van der Waals surface area contributed by atoms with E-state index in [1.807, 2.05) is 12.1 Å². The van der Waals surface area contributed by atoms with Gasteiger partial charge in [-0.05, 0) is 49.5 Å². The van der Waals surface area contributed by atoms with E-state index in [9.17, 15) is 9.18 Å². The van der Waals surface area contributed by atoms with Crippen LogP contribution in [0.1, 0.15) is 0 Å². The first-order valence-corrected chi connectivity index (χ1v) is 9.79. The highest BCUT2D eigenvalue weighted by Crippen LogP contribution is 2.30. The van der Waals surface area contributed by atoms with Gasteiger partial charge in [0, 0.05) is 36.1 Å². The number of likely N-dealkylation sites (N-methyl/N-ethyl adjacent to an activating group) is 1. The van der Waals surface area contributed by atoms with Gasteiger partial charge < -0.3 is 15.1 Å². The summed E-state index contributed by atoms with van der Waals surface area (Å²) in [6, 6.07) is 11.7. The van der Waals surface area contributed by atoms with E-state index < -0.39 is 0 Å². The summed E-state index contributed by atoms with van der Waals surface area (Å²) >= 11 is 7.50. The van der Waals surface area contributed by atoms with Gasteiger partial charge in [0.15, 0.2) is 0 Å². The van der Waals surface area contributed by atoms with Gasteiger partial charge in [-0.25, -0.2) is 4.39 Å². The fourth-order valence-corrected chi connectivity index (χ4v) is 3.67. The third-order valence-corrected chi connectivity index (χ3v) is 5.51. The fourth-order valence-electron chi connectivity index (χ4n) is 2.80. The fraction of sp³-hybridized carbons (Fsp3) is 0.316. The lowest BCUT2D eigenvalue weighted by Crippen LogP contribution is -2.44. The third-order valence-electron chi connectivity index (χ3n) is 4.26. The predicted octanol–water partition coefficient (Wildman–Crippen LogP) is 3.96. The average Bonchev–Trinajstić information content (AvgIpc) is 2.62. The number of thioether (sulfide) groups is 1. The highest BCUT2D eigenvalue weighted by Gasteiger charge is 2.18. The van der Waals surface area contributed by atoms with Gasteiger partial charge in [0.1, 0.15) is 5.82 Å². The zero-order valence-electron chi connectivity index (χ0n) is 14.5. The van der Waals surface area contributed by atoms with E-state index in [-0.39, 0.29) is 17.5 Å². The van der Waals surface area contributed by atoms with Gasteiger partial charge in [0.25, 0.3) is 0 Å². The molecule has 0 aliphatic carbocycles. The number of amides is 1. The summed E-state index contributed by atoms with van der Waals surface area (Å²) in [4.78, 5) is 17.8. The van der Waals surface area contributed by atoms with Crippen LogP contribution in [0.25, 0.3) is 0 Å². The molecule has 1 heterocycles. The van der Waals surface area contributed by atoms with Crippen LogP contribution >= 0.6 is 23.4 Å². The summed E-state index contributed by atoms with van der Waals surface area (Å²) in [6.45, 7) is 3.78. The number of rotatable bonds is 5. The minimum atomic E-state index is -0.283. The second-order valence-electron chi connectivity index (χ2n) is 6.24. The van der Waals surface area contributed by atoms with Crippen molar-refractivity contribution in [2.24, 2.45) is 0 Å². The number of nitrogens with one attached hydrogen (secondary N) is 1. The largest absolute Gasteiger partial charge is 0.367 e. The van der Waals surface area contributed by atoms with Gasteiger partial charge in [-0.15, -0.1) is 11.8 Å². The van der Waals surface area contributed by atoms with Crippen LogP contribution in [-0.4, -0.2) is 49.8 Å². The van der Waals surface area contributed by atoms with Crippen molar-refractivity contribution in [1.29, 1.82) is 0 Å². The van der Waals surface area contributed by atoms with Crippen LogP contribution in [0.15, 0.2) is 47.4 Å². The van der Waals surface area contributed by atoms with Gasteiger partial charge in [-0.3, -0.25) is 4.79 Å². The van der Waals surface area contributed by atoms with Crippen LogP contribution in [-0.2, 0) is 4.79 Å². The topological polar surface area (TPSA) is 35.6 Å². The summed E-state index contributed by atoms with van der Waals surface area (Å²) in [5, 5.41) is 3.56. The molecule has 1 saturated heterocycles. The van der Waals surface area contributed by atoms with Crippen molar-refractivity contribution >= 4 is 40.6 Å². The predicted molar refractivity (Wildman–Crippen MR) is 107 cm³/mol. The van der Waals surface area contributed by atoms with E-state index in [4.69, 9.17) is 11.6 Å². The number of piperazine rings is 1. The standard InChI is InChI=1S/C19H21ClFN3OS/c1-23-8-10-24(11-9-23)18-7-2-14(20)12-17(18)22-19(25)13-26-16-5-3-15(21)4-6-16/h2-7,12H,8-11,13H2,1H3,(H,22,25). The lowest BCUT2D eigenvalue weighted by molar-refractivity contribution is -0.113. The van der Waals surface area contributed by atoms with E-state index in [1.54, 1.807) is 18.2 Å². The Bertz CT molecular complexity index is 764. The van der Waals surface area contributed by atoms with Gasteiger partial charge in [0.05, 0.1) is 17.1 Å². The quantitative estimate of drug-likeness (QED) is 0.780. The van der Waals surface area contributed by atoms with Crippen LogP contribution in [0.3, 0.4) is 0 Å². The number of benzene rings is 2. The number of anilines is 2. The Morgan fingerprint density at radius 2 is 1.85 bits per heavy atom. The van der Waals surface area contributed by atoms with Gasteiger partial charge in [-0.2, -0.15) is 0 Å². The average molecular weight is 394 g/mol. The first-order chi connectivity index (χ1) is 12.5. The van der Waals surface area contributed by atoms with Crippen LogP contribution in [0.4, 0.5) is 15.8 Å². The zero-order chi connectivity index (χ0) is 18.5. The van der Waals surface area contributed by atoms with Crippen molar-refractivity contribution in [2.45, 2.75) is 4.90 Å². The van der Waals surface area contributed by atoms with Crippen molar-refractivity contribution in [3.05, 3.63) is 53.3 Å². The molecule has 1 aliphatic rings. The van der Waals surface area contributed by atoms with Crippen molar-refractivity contribution in [3.8, 4) is 0 Å². The number of halogens is 2. The van der Waals surface area contributed by atoms with E-state index in [0.29, 0.717) is 5.02 Å². The minimum Gasteiger partial charge on any atom is -0.367 e. The normalized spacial score (nSPS) is 15.1. The molecule has 0 atom stereocenters. The second-order valence-corrected chi connectivity index (χ2v) is 7.73. The molecule has 0 radical (unpaired) electrons. The number of hydrogen-bond acceptors (Lipinski definition) is 4. The molecule has 3 rings (SSSR count). The molecule has 4 nitrogen and oxygen atoms in total. The van der Waals surface area contributed by atoms with Crippen molar-refractivity contribution in [2.75, 3.05) is 49.2 Å². The third kappa shape index (κ3) is 5.13. The molecule has 0 saturated carbocycles. The molecule has 0 aromatic heterocycles. The smallest absolute Gasteiger partial charge is 0.234 e. The number of nitrogens with zero attached hydrogens (tertiary/aromatic N) is 2. The molecule has 1 fully saturated rings. The summed E-state index contributed by atoms with van der Waals surface area (Å²) in [5.41, 5.74) is 1.72. The van der Waals surface area contributed by atoms with E-state index >= 15 is 0 Å². The first kappa shape index (κ1) is 19.0. The van der Waals surface area contributed by atoms with E-state index in [1.165, 1.54) is 23.9 Å². The molecule has 138 valence electrons. The first-order valence-electron chi connectivity index (χ1n) is 8.42. The maximum atomic E-state index is 12.9. The van der Waals surface area contributed by atoms with Gasteiger partial charge in [-0.1, -0.05) is 11.6 Å². The lowest BCUT2D eigenvalue weighted by Gasteiger charge is -2.35. The van der Waals surface area contributed by atoms with Gasteiger partial charge >= 0.3 is 0 Å². The van der Waals surface area contributed by atoms with Crippen LogP contribution in [0.2, 0.25) is 5.02 Å². The molecule has 1 aliphatic heterocycles. The summed E-state index contributed by atoms with van der Waals surface area (Å²) in [5.74, 6) is -0.146. The highest BCUT2D eigenvalue weighted by atomic mass is 35.5. The Morgan fingerprint density at radius 3 is 2.54 bits per heavy atom. The maximum absolute atomic E-state index is 12.9. The van der Waals surface area contributed by atoms with Crippen molar-refractivity contribution < 1.29 is 9.18 Å². The number of carbonyl (C=O) groups is 1. The Morgan fingerprint density at radius 1 is 1.15 bits per heavy atom. The van der Waals surface area contributed by atoms with Crippen LogP contribution in [0.5, 0.6) is 0 Å². The molecule has 0 spiro atoms. The Kier molecular flexibility index (Phi) is 6.40. The van der Waals surface area contributed by atoms with Crippen LogP contribution in [0, 0.1) is 5.82 Å². The molecule has 1 amide bonds. The molecule has 2 aromatic rings. The van der Waals surface area contributed by atoms with Crippen molar-refractivity contribution in [1.82, 2.24) is 4.90 Å². The Balaban J connectivity index is 1.65. The molecule has 2 aromatic carbocycles. The summed E-state index contributed by atoms with van der Waals surface area (Å²) < 4.78 is 12.9. The number of hydrogen-bond donors (Lipinski definition) is 1. The van der Waals surface area contributed by atoms with E-state index in [2.05, 4.69) is 22.2 Å². The Hall–Kier alpha value is -1.76. The molecular weight excluding hydrogens is 373 g/mol. The SMILES string of the molecule is CN1CCN(c2ccc(Cl)cc2NC(=O)CSc2ccc(F)cc2)CC1. The maximum Gasteiger partial charge on any atom is 0.234 e. The highest BCUT2D eigenvalue weighted by molar-refractivity contribution is 8.00. The minimum absolute atomic E-state index is 0.114. The summed E-state index contributed by atoms with van der Waals surface area (Å²) in [6.07, 6.45) is 0. The monoisotopic (exact) mass is 393 g/mol. The van der Waals surface area contributed by atoms with Crippen LogP contribution < -0.4 is 10.2 Å². The molecule has 0 unspecified atom stereocenters. The zero-order valence-corrected chi connectivity index (χ0v) is 16.1. The molecule has 7 heteroatoms. The van der Waals surface area contributed by atoms with E-state index in [0.717, 1.165) is 42.4 Å². The lowest BCUT2D eigenvalue weighted by atomic mass is 10.2. The van der Waals surface area contributed by atoms with Crippen molar-refractivity contribution in [3.63, 3.8) is 0 Å². The molecule has 1 N–H and O–H groups in total. The Labute approximate surface area is 162 Å².